The molecule has 0 radical (unpaired) electrons. The Labute approximate surface area is 122 Å². The fourth-order valence-corrected chi connectivity index (χ4v) is 2.90. The van der Waals surface area contributed by atoms with E-state index in [-0.39, 0.29) is 41.8 Å². The first-order valence-electron chi connectivity index (χ1n) is 6.18. The molecule has 0 aromatic carbocycles. The molecule has 116 valence electrons. The monoisotopic (exact) mass is 322 g/mol. The Morgan fingerprint density at radius 2 is 1.71 bits per heavy atom. The van der Waals surface area contributed by atoms with Gasteiger partial charge in [0.2, 0.25) is 0 Å². The van der Waals surface area contributed by atoms with Gasteiger partial charge in [-0.3, -0.25) is 9.69 Å². The van der Waals surface area contributed by atoms with Gasteiger partial charge in [0.05, 0.1) is 11.4 Å². The number of piperazine rings is 1. The summed E-state index contributed by atoms with van der Waals surface area (Å²) in [5.74, 6) is -1.44. The summed E-state index contributed by atoms with van der Waals surface area (Å²) < 4.78 is 36.8. The van der Waals surface area contributed by atoms with Crippen LogP contribution in [0.5, 0.6) is 0 Å². The van der Waals surface area contributed by atoms with Crippen molar-refractivity contribution in [2.45, 2.75) is 6.18 Å². The van der Waals surface area contributed by atoms with Crippen molar-refractivity contribution in [2.75, 3.05) is 32.7 Å². The number of amides is 1. The van der Waals surface area contributed by atoms with E-state index in [1.165, 1.54) is 21.9 Å². The van der Waals surface area contributed by atoms with Gasteiger partial charge in [0, 0.05) is 26.2 Å². The molecule has 0 atom stereocenters. The van der Waals surface area contributed by atoms with E-state index in [2.05, 4.69) is 0 Å². The summed E-state index contributed by atoms with van der Waals surface area (Å²) in [7, 11) is 0. The van der Waals surface area contributed by atoms with Gasteiger partial charge in [0.25, 0.3) is 5.91 Å². The highest BCUT2D eigenvalue weighted by Crippen LogP contribution is 2.21. The number of thiophene rings is 1. The van der Waals surface area contributed by atoms with Crippen LogP contribution in [0.4, 0.5) is 13.2 Å². The summed E-state index contributed by atoms with van der Waals surface area (Å²) in [5, 5.41) is 8.81. The molecule has 2 rings (SSSR count). The highest BCUT2D eigenvalue weighted by molar-refractivity contribution is 7.15. The maximum atomic E-state index is 12.3. The predicted octanol–water partition coefficient (Wildman–Crippen LogP) is 1.77. The Balaban J connectivity index is 1.92. The molecule has 1 N–H and O–H groups in total. The molecule has 9 heteroatoms. The smallest absolute Gasteiger partial charge is 0.401 e. The number of aromatic carboxylic acids is 1. The lowest BCUT2D eigenvalue weighted by atomic mass is 10.3. The predicted molar refractivity (Wildman–Crippen MR) is 69.7 cm³/mol. The van der Waals surface area contributed by atoms with E-state index in [1.54, 1.807) is 0 Å². The van der Waals surface area contributed by atoms with Gasteiger partial charge in [0.15, 0.2) is 0 Å². The molecule has 1 aromatic heterocycles. The molecule has 1 fully saturated rings. The highest BCUT2D eigenvalue weighted by Gasteiger charge is 2.33. The minimum Gasteiger partial charge on any atom is -0.477 e. The Bertz CT molecular complexity index is 536. The first kappa shape index (κ1) is 15.8. The van der Waals surface area contributed by atoms with Crippen LogP contribution in [0.1, 0.15) is 19.3 Å². The lowest BCUT2D eigenvalue weighted by Crippen LogP contribution is -2.50. The maximum absolute atomic E-state index is 12.3. The van der Waals surface area contributed by atoms with E-state index in [0.717, 1.165) is 11.3 Å². The quantitative estimate of drug-likeness (QED) is 0.921. The zero-order chi connectivity index (χ0) is 15.6. The molecule has 0 spiro atoms. The standard InChI is InChI=1S/C12H13F3N2O3S/c13-12(14,15)7-16-3-5-17(6-4-16)10(18)8-1-2-9(21-8)11(19)20/h1-2H,3-7H2,(H,19,20). The number of carboxylic acid groups (broad SMARTS) is 1. The minimum absolute atomic E-state index is 0.0639. The van der Waals surface area contributed by atoms with Gasteiger partial charge in [-0.1, -0.05) is 0 Å². The third kappa shape index (κ3) is 4.18. The Morgan fingerprint density at radius 1 is 1.14 bits per heavy atom. The lowest BCUT2D eigenvalue weighted by Gasteiger charge is -2.34. The molecule has 1 amide bonds. The van der Waals surface area contributed by atoms with Crippen LogP contribution in [0.15, 0.2) is 12.1 Å². The number of carbonyl (C=O) groups excluding carboxylic acids is 1. The number of rotatable bonds is 3. The highest BCUT2D eigenvalue weighted by atomic mass is 32.1. The van der Waals surface area contributed by atoms with E-state index in [4.69, 9.17) is 5.11 Å². The van der Waals surface area contributed by atoms with Crippen molar-refractivity contribution in [3.63, 3.8) is 0 Å². The number of carbonyl (C=O) groups is 2. The number of alkyl halides is 3. The largest absolute Gasteiger partial charge is 0.477 e. The number of nitrogens with zero attached hydrogens (tertiary/aromatic N) is 2. The number of hydrogen-bond donors (Lipinski definition) is 1. The fourth-order valence-electron chi connectivity index (χ4n) is 2.09. The molecule has 1 aliphatic heterocycles. The molecule has 2 heterocycles. The molecule has 0 saturated carbocycles. The summed E-state index contributed by atoms with van der Waals surface area (Å²) in [5.41, 5.74) is 0. The van der Waals surface area contributed by atoms with Crippen LogP contribution in [0, 0.1) is 0 Å². The molecular weight excluding hydrogens is 309 g/mol. The van der Waals surface area contributed by atoms with E-state index in [0.29, 0.717) is 0 Å². The molecule has 0 bridgehead atoms. The van der Waals surface area contributed by atoms with Crippen molar-refractivity contribution in [1.29, 1.82) is 0 Å². The Morgan fingerprint density at radius 3 is 2.19 bits per heavy atom. The van der Waals surface area contributed by atoms with E-state index < -0.39 is 18.7 Å². The van der Waals surface area contributed by atoms with Crippen molar-refractivity contribution < 1.29 is 27.9 Å². The van der Waals surface area contributed by atoms with E-state index in [1.807, 2.05) is 0 Å². The average molecular weight is 322 g/mol. The van der Waals surface area contributed by atoms with Crippen LogP contribution >= 0.6 is 11.3 Å². The van der Waals surface area contributed by atoms with Crippen LogP contribution in [-0.2, 0) is 0 Å². The van der Waals surface area contributed by atoms with Crippen LogP contribution in [-0.4, -0.2) is 65.7 Å². The molecule has 21 heavy (non-hydrogen) atoms. The minimum atomic E-state index is -4.24. The van der Waals surface area contributed by atoms with Crippen molar-refractivity contribution in [3.8, 4) is 0 Å². The lowest BCUT2D eigenvalue weighted by molar-refractivity contribution is -0.148. The van der Waals surface area contributed by atoms with Crippen molar-refractivity contribution >= 4 is 23.2 Å². The van der Waals surface area contributed by atoms with Gasteiger partial charge in [-0.25, -0.2) is 4.79 Å². The molecule has 0 aliphatic carbocycles. The van der Waals surface area contributed by atoms with Crippen molar-refractivity contribution in [1.82, 2.24) is 9.80 Å². The maximum Gasteiger partial charge on any atom is 0.401 e. The molecule has 5 nitrogen and oxygen atoms in total. The van der Waals surface area contributed by atoms with E-state index >= 15 is 0 Å². The zero-order valence-electron chi connectivity index (χ0n) is 10.9. The number of carboxylic acids is 1. The third-order valence-corrected chi connectivity index (χ3v) is 4.15. The van der Waals surface area contributed by atoms with Gasteiger partial charge in [-0.15, -0.1) is 11.3 Å². The molecule has 1 aromatic rings. The fraction of sp³-hybridized carbons (Fsp3) is 0.500. The number of halogens is 3. The zero-order valence-corrected chi connectivity index (χ0v) is 11.7. The molecule has 1 saturated heterocycles. The second-order valence-corrected chi connectivity index (χ2v) is 5.74. The molecular formula is C12H13F3N2O3S. The Hall–Kier alpha value is -1.61. The van der Waals surface area contributed by atoms with E-state index in [9.17, 15) is 22.8 Å². The summed E-state index contributed by atoms with van der Waals surface area (Å²) in [4.78, 5) is 25.9. The third-order valence-electron chi connectivity index (χ3n) is 3.09. The van der Waals surface area contributed by atoms with Crippen molar-refractivity contribution in [2.24, 2.45) is 0 Å². The number of hydrogen-bond acceptors (Lipinski definition) is 4. The van der Waals surface area contributed by atoms with Gasteiger partial charge in [-0.05, 0) is 12.1 Å². The van der Waals surface area contributed by atoms with Gasteiger partial charge >= 0.3 is 12.1 Å². The SMILES string of the molecule is O=C(O)c1ccc(C(=O)N2CCN(CC(F)(F)F)CC2)s1. The average Bonchev–Trinajstić information content (AvgIpc) is 2.86. The van der Waals surface area contributed by atoms with Crippen LogP contribution < -0.4 is 0 Å². The van der Waals surface area contributed by atoms with Crippen LogP contribution in [0.25, 0.3) is 0 Å². The normalized spacial score (nSPS) is 17.0. The van der Waals surface area contributed by atoms with Crippen LogP contribution in [0.2, 0.25) is 0 Å². The van der Waals surface area contributed by atoms with Gasteiger partial charge < -0.3 is 10.0 Å². The summed E-state index contributed by atoms with van der Waals surface area (Å²) in [6.45, 7) is -0.257. The first-order valence-corrected chi connectivity index (χ1v) is 6.99. The second-order valence-electron chi connectivity index (χ2n) is 4.65. The van der Waals surface area contributed by atoms with Gasteiger partial charge in [-0.2, -0.15) is 13.2 Å². The first-order chi connectivity index (χ1) is 9.76. The summed E-state index contributed by atoms with van der Waals surface area (Å²) >= 11 is 0.869. The summed E-state index contributed by atoms with van der Waals surface area (Å²) in [6, 6.07) is 2.78. The van der Waals surface area contributed by atoms with Crippen LogP contribution in [0.3, 0.4) is 0 Å². The topological polar surface area (TPSA) is 60.9 Å². The molecule has 0 unspecified atom stereocenters. The molecule has 1 aliphatic rings. The Kier molecular flexibility index (Phi) is 4.52. The summed E-state index contributed by atoms with van der Waals surface area (Å²) in [6.07, 6.45) is -4.24. The van der Waals surface area contributed by atoms with Crippen molar-refractivity contribution in [3.05, 3.63) is 21.9 Å². The second kappa shape index (κ2) is 6.02. The van der Waals surface area contributed by atoms with Gasteiger partial charge in [0.1, 0.15) is 4.88 Å².